The molecule has 3 aromatic rings. The molecule has 0 radical (unpaired) electrons. The molecule has 5 rings (SSSR count). The number of hydrogen-bond donors (Lipinski definition) is 0. The third kappa shape index (κ3) is 4.81. The Bertz CT molecular complexity index is 1160. The Labute approximate surface area is 203 Å². The predicted octanol–water partition coefficient (Wildman–Crippen LogP) is 6.68. The van der Waals surface area contributed by atoms with Crippen LogP contribution in [-0.4, -0.2) is 17.5 Å². The van der Waals surface area contributed by atoms with Crippen LogP contribution in [0.3, 0.4) is 0 Å². The summed E-state index contributed by atoms with van der Waals surface area (Å²) in [5.74, 6) is 2.30. The predicted molar refractivity (Wildman–Crippen MR) is 132 cm³/mol. The summed E-state index contributed by atoms with van der Waals surface area (Å²) >= 11 is 6.94. The second-order valence-corrected chi connectivity index (χ2v) is 9.32. The van der Waals surface area contributed by atoms with E-state index in [0.717, 1.165) is 48.6 Å². The number of ether oxygens (including phenoxy) is 3. The highest BCUT2D eigenvalue weighted by molar-refractivity contribution is 9.10. The second kappa shape index (κ2) is 9.35. The van der Waals surface area contributed by atoms with Crippen molar-refractivity contribution in [3.05, 3.63) is 110 Å². The number of hydrogen-bond acceptors (Lipinski definition) is 3. The lowest BCUT2D eigenvalue weighted by Crippen LogP contribution is -2.02. The minimum Gasteiger partial charge on any atom is -0.489 e. The van der Waals surface area contributed by atoms with Gasteiger partial charge in [-0.2, -0.15) is 4.58 Å². The monoisotopic (exact) mass is 552 g/mol. The van der Waals surface area contributed by atoms with E-state index in [4.69, 9.17) is 14.2 Å². The molecule has 3 aromatic carbocycles. The molecule has 0 bridgehead atoms. The van der Waals surface area contributed by atoms with Gasteiger partial charge < -0.3 is 14.2 Å². The third-order valence-electron chi connectivity index (χ3n) is 5.19. The maximum absolute atomic E-state index is 6.13. The van der Waals surface area contributed by atoms with E-state index in [1.54, 1.807) is 0 Å². The normalized spacial score (nSPS) is 14.2. The van der Waals surface area contributed by atoms with Gasteiger partial charge in [-0.25, -0.2) is 0 Å². The summed E-state index contributed by atoms with van der Waals surface area (Å²) in [5.41, 5.74) is 4.17. The van der Waals surface area contributed by atoms with E-state index < -0.39 is 0 Å². The average Bonchev–Trinajstić information content (AvgIpc) is 3.42. The SMILES string of the molecule is Brc1ccc(COc2cc(OCc3ccc(Br)cc3)cc(C3=C4C=CC=[N+]4CO3)c2)cc1. The van der Waals surface area contributed by atoms with Crippen LogP contribution in [0.2, 0.25) is 0 Å². The molecule has 0 saturated carbocycles. The van der Waals surface area contributed by atoms with Gasteiger partial charge in [0.15, 0.2) is 6.21 Å². The number of allylic oxidation sites excluding steroid dienone is 2. The molecule has 2 aliphatic heterocycles. The van der Waals surface area contributed by atoms with Gasteiger partial charge in [-0.3, -0.25) is 0 Å². The smallest absolute Gasteiger partial charge is 0.293 e. The molecule has 0 N–H and O–H groups in total. The van der Waals surface area contributed by atoms with E-state index >= 15 is 0 Å². The molecule has 0 aromatic heterocycles. The fourth-order valence-corrected chi connectivity index (χ4v) is 4.06. The maximum atomic E-state index is 6.13. The van der Waals surface area contributed by atoms with E-state index in [-0.39, 0.29) is 0 Å². The number of fused-ring (bicyclic) bond motifs is 1. The molecule has 4 nitrogen and oxygen atoms in total. The zero-order chi connectivity index (χ0) is 21.9. The lowest BCUT2D eigenvalue weighted by Gasteiger charge is -2.13. The zero-order valence-electron chi connectivity index (χ0n) is 17.1. The molecular formula is C26H20Br2NO3+. The lowest BCUT2D eigenvalue weighted by atomic mass is 10.1. The molecule has 2 heterocycles. The van der Waals surface area contributed by atoms with Crippen LogP contribution in [-0.2, 0) is 18.0 Å². The van der Waals surface area contributed by atoms with Crippen LogP contribution < -0.4 is 9.47 Å². The molecule has 160 valence electrons. The van der Waals surface area contributed by atoms with E-state index in [1.165, 1.54) is 0 Å². The highest BCUT2D eigenvalue weighted by Gasteiger charge is 2.30. The van der Waals surface area contributed by atoms with Gasteiger partial charge in [0.25, 0.3) is 12.4 Å². The summed E-state index contributed by atoms with van der Waals surface area (Å²) in [4.78, 5) is 0. The van der Waals surface area contributed by atoms with Crippen LogP contribution in [0.15, 0.2) is 93.5 Å². The molecule has 32 heavy (non-hydrogen) atoms. The Morgan fingerprint density at radius 3 is 1.91 bits per heavy atom. The molecular weight excluding hydrogens is 534 g/mol. The Morgan fingerprint density at radius 2 is 1.34 bits per heavy atom. The summed E-state index contributed by atoms with van der Waals surface area (Å²) in [7, 11) is 0. The van der Waals surface area contributed by atoms with Crippen molar-refractivity contribution in [2.45, 2.75) is 13.2 Å². The number of nitrogens with zero attached hydrogens (tertiary/aromatic N) is 1. The first-order valence-corrected chi connectivity index (χ1v) is 11.8. The van der Waals surface area contributed by atoms with Crippen LogP contribution in [0.25, 0.3) is 5.76 Å². The van der Waals surface area contributed by atoms with Crippen molar-refractivity contribution in [3.63, 3.8) is 0 Å². The van der Waals surface area contributed by atoms with Crippen molar-refractivity contribution in [1.82, 2.24) is 0 Å². The Hall–Kier alpha value is -2.83. The van der Waals surface area contributed by atoms with Gasteiger partial charge >= 0.3 is 0 Å². The van der Waals surface area contributed by atoms with Crippen molar-refractivity contribution in [3.8, 4) is 11.5 Å². The van der Waals surface area contributed by atoms with Crippen LogP contribution in [0.4, 0.5) is 0 Å². The first-order valence-electron chi connectivity index (χ1n) is 10.2. The Morgan fingerprint density at radius 1 is 0.781 bits per heavy atom. The zero-order valence-corrected chi connectivity index (χ0v) is 20.3. The van der Waals surface area contributed by atoms with Crippen LogP contribution >= 0.6 is 31.9 Å². The van der Waals surface area contributed by atoms with Gasteiger partial charge in [0, 0.05) is 32.7 Å². The standard InChI is InChI=1S/C26H20Br2NO3/c27-21-7-3-18(4-8-21)15-30-23-12-20(26-25-2-1-11-29(25)17-32-26)13-24(14-23)31-16-19-5-9-22(28)10-6-19/h1-14H,15-17H2/q+1. The maximum Gasteiger partial charge on any atom is 0.293 e. The first kappa shape index (κ1) is 21.0. The molecule has 0 spiro atoms. The summed E-state index contributed by atoms with van der Waals surface area (Å²) in [6, 6.07) is 22.2. The third-order valence-corrected chi connectivity index (χ3v) is 6.25. The Balaban J connectivity index is 1.41. The Kier molecular flexibility index (Phi) is 6.14. The summed E-state index contributed by atoms with van der Waals surface area (Å²) in [6.07, 6.45) is 6.10. The lowest BCUT2D eigenvalue weighted by molar-refractivity contribution is -0.484. The molecule has 6 heteroatoms. The first-order chi connectivity index (χ1) is 15.6. The van der Waals surface area contributed by atoms with Crippen molar-refractivity contribution < 1.29 is 18.8 Å². The summed E-state index contributed by atoms with van der Waals surface area (Å²) < 4.78 is 22.4. The molecule has 0 amide bonds. The fraction of sp³-hybridized carbons (Fsp3) is 0.115. The van der Waals surface area contributed by atoms with Gasteiger partial charge in [-0.15, -0.1) is 0 Å². The number of benzene rings is 3. The van der Waals surface area contributed by atoms with Gasteiger partial charge in [0.2, 0.25) is 5.76 Å². The van der Waals surface area contributed by atoms with Crippen LogP contribution in [0, 0.1) is 0 Å². The topological polar surface area (TPSA) is 30.7 Å². The van der Waals surface area contributed by atoms with Crippen molar-refractivity contribution in [1.29, 1.82) is 0 Å². The second-order valence-electron chi connectivity index (χ2n) is 7.49. The van der Waals surface area contributed by atoms with Crippen molar-refractivity contribution in [2.24, 2.45) is 0 Å². The minimum atomic E-state index is 0.468. The molecule has 0 aliphatic carbocycles. The number of rotatable bonds is 7. The quantitative estimate of drug-likeness (QED) is 0.306. The highest BCUT2D eigenvalue weighted by Crippen LogP contribution is 2.34. The average molecular weight is 554 g/mol. The largest absolute Gasteiger partial charge is 0.489 e. The van der Waals surface area contributed by atoms with Gasteiger partial charge in [0.1, 0.15) is 24.7 Å². The van der Waals surface area contributed by atoms with Crippen molar-refractivity contribution in [2.75, 3.05) is 6.73 Å². The molecule has 0 saturated heterocycles. The molecule has 0 unspecified atom stereocenters. The molecule has 0 fully saturated rings. The van der Waals surface area contributed by atoms with Crippen molar-refractivity contribution >= 4 is 43.8 Å². The van der Waals surface area contributed by atoms with Crippen LogP contribution in [0.1, 0.15) is 16.7 Å². The summed E-state index contributed by atoms with van der Waals surface area (Å²) in [5, 5.41) is 0. The minimum absolute atomic E-state index is 0.468. The fourth-order valence-electron chi connectivity index (χ4n) is 3.54. The van der Waals surface area contributed by atoms with E-state index in [1.807, 2.05) is 79.0 Å². The molecule has 2 aliphatic rings. The van der Waals surface area contributed by atoms with Gasteiger partial charge in [-0.1, -0.05) is 56.1 Å². The van der Waals surface area contributed by atoms with Gasteiger partial charge in [-0.05, 0) is 47.5 Å². The summed E-state index contributed by atoms with van der Waals surface area (Å²) in [6.45, 7) is 1.45. The molecule has 0 atom stereocenters. The van der Waals surface area contributed by atoms with Crippen LogP contribution in [0.5, 0.6) is 11.5 Å². The number of halogens is 2. The van der Waals surface area contributed by atoms with E-state index in [2.05, 4.69) is 42.5 Å². The van der Waals surface area contributed by atoms with Gasteiger partial charge in [0.05, 0.1) is 0 Å². The highest BCUT2D eigenvalue weighted by atomic mass is 79.9. The van der Waals surface area contributed by atoms with E-state index in [0.29, 0.717) is 19.9 Å². The van der Waals surface area contributed by atoms with E-state index in [9.17, 15) is 0 Å².